The van der Waals surface area contributed by atoms with Crippen LogP contribution in [-0.2, 0) is 9.59 Å². The number of nitriles is 1. The van der Waals surface area contributed by atoms with E-state index in [2.05, 4.69) is 0 Å². The zero-order valence-electron chi connectivity index (χ0n) is 20.7. The molecule has 188 valence electrons. The summed E-state index contributed by atoms with van der Waals surface area (Å²) in [7, 11) is 2.88. The molecular formula is C29H26N2O6. The van der Waals surface area contributed by atoms with E-state index in [1.807, 2.05) is 13.0 Å². The Morgan fingerprint density at radius 2 is 1.59 bits per heavy atom. The van der Waals surface area contributed by atoms with Crippen molar-refractivity contribution in [3.8, 4) is 23.3 Å². The second-order valence-electron chi connectivity index (χ2n) is 8.28. The molecule has 0 aromatic heterocycles. The predicted octanol–water partition coefficient (Wildman–Crippen LogP) is 4.99. The minimum absolute atomic E-state index is 0.112. The molecule has 1 atom stereocenters. The highest BCUT2D eigenvalue weighted by atomic mass is 16.5. The minimum Gasteiger partial charge on any atom is -0.506 e. The van der Waals surface area contributed by atoms with Crippen LogP contribution in [0.15, 0.2) is 72.3 Å². The fraction of sp³-hybridized carbons (Fsp3) is 0.207. The van der Waals surface area contributed by atoms with Gasteiger partial charge in [0.1, 0.15) is 28.6 Å². The van der Waals surface area contributed by atoms with Crippen LogP contribution in [0.25, 0.3) is 5.76 Å². The highest BCUT2D eigenvalue weighted by Crippen LogP contribution is 2.45. The molecule has 0 radical (unpaired) electrons. The highest BCUT2D eigenvalue weighted by molar-refractivity contribution is 6.51. The first-order valence-corrected chi connectivity index (χ1v) is 11.7. The van der Waals surface area contributed by atoms with Crippen LogP contribution in [0.5, 0.6) is 17.2 Å². The molecule has 8 heteroatoms. The Bertz CT molecular complexity index is 1370. The first kappa shape index (κ1) is 25.3. The average Bonchev–Trinajstić information content (AvgIpc) is 3.21. The van der Waals surface area contributed by atoms with Gasteiger partial charge >= 0.3 is 0 Å². The Kier molecular flexibility index (Phi) is 7.44. The van der Waals surface area contributed by atoms with Crippen LogP contribution in [0.4, 0.5) is 5.69 Å². The van der Waals surface area contributed by atoms with Gasteiger partial charge in [-0.15, -0.1) is 0 Å². The molecule has 8 nitrogen and oxygen atoms in total. The van der Waals surface area contributed by atoms with E-state index >= 15 is 0 Å². The number of hydrogen-bond acceptors (Lipinski definition) is 7. The molecule has 0 spiro atoms. The van der Waals surface area contributed by atoms with Crippen molar-refractivity contribution >= 4 is 23.1 Å². The van der Waals surface area contributed by atoms with Crippen LogP contribution in [0.2, 0.25) is 0 Å². The van der Waals surface area contributed by atoms with E-state index in [0.717, 1.165) is 6.42 Å². The number of nitrogens with zero attached hydrogens (tertiary/aromatic N) is 2. The van der Waals surface area contributed by atoms with E-state index in [9.17, 15) is 20.0 Å². The third-order valence-corrected chi connectivity index (χ3v) is 6.05. The molecule has 1 heterocycles. The number of amides is 1. The van der Waals surface area contributed by atoms with Gasteiger partial charge in [0.05, 0.1) is 44.1 Å². The highest BCUT2D eigenvalue weighted by Gasteiger charge is 2.47. The second kappa shape index (κ2) is 10.9. The van der Waals surface area contributed by atoms with Gasteiger partial charge in [0, 0.05) is 5.69 Å². The molecule has 1 aliphatic rings. The molecule has 0 bridgehead atoms. The first-order valence-electron chi connectivity index (χ1n) is 11.7. The van der Waals surface area contributed by atoms with Gasteiger partial charge in [0.15, 0.2) is 0 Å². The van der Waals surface area contributed by atoms with Gasteiger partial charge in [-0.3, -0.25) is 14.5 Å². The van der Waals surface area contributed by atoms with E-state index in [-0.39, 0.29) is 22.6 Å². The Morgan fingerprint density at radius 1 is 0.973 bits per heavy atom. The van der Waals surface area contributed by atoms with Crippen molar-refractivity contribution in [1.82, 2.24) is 0 Å². The maximum absolute atomic E-state index is 13.5. The molecule has 1 unspecified atom stereocenters. The smallest absolute Gasteiger partial charge is 0.300 e. The number of anilines is 1. The quantitative estimate of drug-likeness (QED) is 0.265. The number of ketones is 1. The molecule has 3 aromatic rings. The summed E-state index contributed by atoms with van der Waals surface area (Å²) in [5.41, 5.74) is 1.46. The van der Waals surface area contributed by atoms with Gasteiger partial charge in [0.25, 0.3) is 11.7 Å². The number of benzene rings is 3. The molecule has 3 aromatic carbocycles. The maximum Gasteiger partial charge on any atom is 0.300 e. The molecule has 1 saturated heterocycles. The summed E-state index contributed by atoms with van der Waals surface area (Å²) in [5, 5.41) is 20.7. The molecule has 0 aliphatic carbocycles. The van der Waals surface area contributed by atoms with Gasteiger partial charge < -0.3 is 19.3 Å². The SMILES string of the molecule is CCCOc1ccc(C2/C(=C(\O)c3c(OC)cccc3OC)C(=O)C(=O)N2c2ccc(C#N)cc2)cc1. The van der Waals surface area contributed by atoms with Crippen molar-refractivity contribution < 1.29 is 28.9 Å². The van der Waals surface area contributed by atoms with Crippen LogP contribution in [0, 0.1) is 11.3 Å². The molecule has 1 N–H and O–H groups in total. The van der Waals surface area contributed by atoms with Crippen LogP contribution in [0.3, 0.4) is 0 Å². The molecule has 1 amide bonds. The second-order valence-corrected chi connectivity index (χ2v) is 8.28. The van der Waals surface area contributed by atoms with Gasteiger partial charge in [-0.05, 0) is 60.5 Å². The third-order valence-electron chi connectivity index (χ3n) is 6.05. The number of rotatable bonds is 8. The third kappa shape index (κ3) is 4.71. The number of hydrogen-bond donors (Lipinski definition) is 1. The van der Waals surface area contributed by atoms with E-state index in [1.165, 1.54) is 19.1 Å². The number of carbonyl (C=O) groups is 2. The summed E-state index contributed by atoms with van der Waals surface area (Å²) in [6.45, 7) is 2.56. The van der Waals surface area contributed by atoms with Crippen molar-refractivity contribution in [1.29, 1.82) is 5.26 Å². The fourth-order valence-corrected chi connectivity index (χ4v) is 4.30. The molecular weight excluding hydrogens is 472 g/mol. The summed E-state index contributed by atoms with van der Waals surface area (Å²) < 4.78 is 16.5. The van der Waals surface area contributed by atoms with E-state index in [0.29, 0.717) is 29.2 Å². The zero-order chi connectivity index (χ0) is 26.5. The number of Topliss-reactive ketones (excluding diaryl/α,β-unsaturated/α-hetero) is 1. The predicted molar refractivity (Wildman–Crippen MR) is 138 cm³/mol. The summed E-state index contributed by atoms with van der Waals surface area (Å²) in [6, 6.07) is 19.4. The minimum atomic E-state index is -0.956. The van der Waals surface area contributed by atoms with Crippen LogP contribution in [0.1, 0.15) is 36.1 Å². The average molecular weight is 499 g/mol. The van der Waals surface area contributed by atoms with Crippen molar-refractivity contribution in [2.24, 2.45) is 0 Å². The number of aliphatic hydroxyl groups excluding tert-OH is 1. The number of aliphatic hydroxyl groups is 1. The summed E-state index contributed by atoms with van der Waals surface area (Å²) in [4.78, 5) is 28.2. The van der Waals surface area contributed by atoms with Crippen LogP contribution >= 0.6 is 0 Å². The van der Waals surface area contributed by atoms with E-state index < -0.39 is 23.5 Å². The first-order chi connectivity index (χ1) is 17.9. The standard InChI is InChI=1S/C29H26N2O6/c1-4-16-37-21-14-10-19(11-15-21)26-25(27(32)24-22(35-2)6-5-7-23(24)36-3)28(33)29(34)31(26)20-12-8-18(17-30)9-13-20/h5-15,26,32H,4,16H2,1-3H3/b27-25+. The number of carbonyl (C=O) groups excluding carboxylic acids is 2. The number of ether oxygens (including phenoxy) is 3. The molecule has 4 rings (SSSR count). The van der Waals surface area contributed by atoms with E-state index in [4.69, 9.17) is 14.2 Å². The largest absolute Gasteiger partial charge is 0.506 e. The zero-order valence-corrected chi connectivity index (χ0v) is 20.7. The Labute approximate surface area is 214 Å². The van der Waals surface area contributed by atoms with Gasteiger partial charge in [-0.2, -0.15) is 5.26 Å². The lowest BCUT2D eigenvalue weighted by molar-refractivity contribution is -0.132. The van der Waals surface area contributed by atoms with Crippen molar-refractivity contribution in [2.45, 2.75) is 19.4 Å². The van der Waals surface area contributed by atoms with Crippen molar-refractivity contribution in [3.63, 3.8) is 0 Å². The molecule has 1 fully saturated rings. The fourth-order valence-electron chi connectivity index (χ4n) is 4.30. The summed E-state index contributed by atoms with van der Waals surface area (Å²) in [6.07, 6.45) is 0.849. The maximum atomic E-state index is 13.5. The van der Waals surface area contributed by atoms with Gasteiger partial charge in [-0.25, -0.2) is 0 Å². The molecule has 37 heavy (non-hydrogen) atoms. The monoisotopic (exact) mass is 498 g/mol. The Morgan fingerprint density at radius 3 is 2.14 bits per heavy atom. The Balaban J connectivity index is 1.94. The lowest BCUT2D eigenvalue weighted by Crippen LogP contribution is -2.29. The Hall–Kier alpha value is -4.77. The van der Waals surface area contributed by atoms with Gasteiger partial charge in [-0.1, -0.05) is 25.1 Å². The summed E-state index contributed by atoms with van der Waals surface area (Å²) >= 11 is 0. The van der Waals surface area contributed by atoms with Crippen LogP contribution in [-0.4, -0.2) is 37.6 Å². The summed E-state index contributed by atoms with van der Waals surface area (Å²) in [5.74, 6) is -0.873. The lowest BCUT2D eigenvalue weighted by Gasteiger charge is -2.26. The van der Waals surface area contributed by atoms with Gasteiger partial charge in [0.2, 0.25) is 0 Å². The lowest BCUT2D eigenvalue weighted by atomic mass is 9.94. The topological polar surface area (TPSA) is 109 Å². The molecule has 0 saturated carbocycles. The van der Waals surface area contributed by atoms with Crippen molar-refractivity contribution in [3.05, 3.63) is 89.0 Å². The van der Waals surface area contributed by atoms with Crippen LogP contribution < -0.4 is 19.1 Å². The van der Waals surface area contributed by atoms with E-state index in [1.54, 1.807) is 66.7 Å². The van der Waals surface area contributed by atoms with Crippen molar-refractivity contribution in [2.75, 3.05) is 25.7 Å². The number of methoxy groups -OCH3 is 2. The molecule has 1 aliphatic heterocycles. The normalized spacial score (nSPS) is 16.4.